The second-order valence-electron chi connectivity index (χ2n) is 4.55. The fourth-order valence-electron chi connectivity index (χ4n) is 1.98. The smallest absolute Gasteiger partial charge is 0.136 e. The molecule has 2 aromatic rings. The van der Waals surface area contributed by atoms with E-state index in [2.05, 4.69) is 6.07 Å². The van der Waals surface area contributed by atoms with E-state index in [1.54, 1.807) is 19.2 Å². The maximum Gasteiger partial charge on any atom is 0.136 e. The van der Waals surface area contributed by atoms with E-state index in [-0.39, 0.29) is 6.61 Å². The van der Waals surface area contributed by atoms with Gasteiger partial charge in [0.1, 0.15) is 24.2 Å². The molecule has 0 aliphatic rings. The van der Waals surface area contributed by atoms with Gasteiger partial charge in [0, 0.05) is 6.61 Å². The van der Waals surface area contributed by atoms with Crippen molar-refractivity contribution in [3.8, 4) is 17.6 Å². The highest BCUT2D eigenvalue weighted by Gasteiger charge is 2.04. The molecule has 4 heteroatoms. The Kier molecular flexibility index (Phi) is 5.19. The van der Waals surface area contributed by atoms with Crippen LogP contribution >= 0.6 is 0 Å². The summed E-state index contributed by atoms with van der Waals surface area (Å²) in [6.07, 6.45) is 0.643. The third-order valence-electron chi connectivity index (χ3n) is 3.11. The van der Waals surface area contributed by atoms with Crippen molar-refractivity contribution in [1.29, 1.82) is 5.26 Å². The maximum atomic E-state index is 9.05. The van der Waals surface area contributed by atoms with Crippen LogP contribution in [-0.2, 0) is 13.0 Å². The van der Waals surface area contributed by atoms with Crippen LogP contribution in [0.15, 0.2) is 42.5 Å². The lowest BCUT2D eigenvalue weighted by atomic mass is 10.1. The molecule has 21 heavy (non-hydrogen) atoms. The SMILES string of the molecule is COc1ccc(COc2ccc(CCO)cc2)cc1C#N. The normalized spacial score (nSPS) is 9.95. The summed E-state index contributed by atoms with van der Waals surface area (Å²) in [4.78, 5) is 0. The number of benzene rings is 2. The molecule has 108 valence electrons. The molecule has 0 aromatic heterocycles. The summed E-state index contributed by atoms with van der Waals surface area (Å²) < 4.78 is 10.8. The summed E-state index contributed by atoms with van der Waals surface area (Å²) in [5.74, 6) is 1.32. The Bertz CT molecular complexity index is 629. The minimum atomic E-state index is 0.142. The van der Waals surface area contributed by atoms with Crippen LogP contribution in [0.3, 0.4) is 0 Å². The predicted molar refractivity (Wildman–Crippen MR) is 79.3 cm³/mol. The molecule has 0 aliphatic heterocycles. The highest BCUT2D eigenvalue weighted by molar-refractivity contribution is 5.45. The minimum absolute atomic E-state index is 0.142. The van der Waals surface area contributed by atoms with Crippen LogP contribution in [0, 0.1) is 11.3 Å². The largest absolute Gasteiger partial charge is 0.495 e. The third-order valence-corrected chi connectivity index (χ3v) is 3.11. The molecule has 0 atom stereocenters. The van der Waals surface area contributed by atoms with Gasteiger partial charge in [-0.15, -0.1) is 0 Å². The van der Waals surface area contributed by atoms with Gasteiger partial charge in [-0.25, -0.2) is 0 Å². The van der Waals surface area contributed by atoms with Crippen molar-refractivity contribution in [3.63, 3.8) is 0 Å². The lowest BCUT2D eigenvalue weighted by Crippen LogP contribution is -1.98. The standard InChI is InChI=1S/C17H17NO3/c1-20-17-7-4-14(10-15(17)11-18)12-21-16-5-2-13(3-6-16)8-9-19/h2-7,10,19H,8-9,12H2,1H3. The Balaban J connectivity index is 2.01. The molecule has 0 spiro atoms. The molecule has 2 aromatic carbocycles. The average molecular weight is 283 g/mol. The third kappa shape index (κ3) is 3.98. The molecular formula is C17H17NO3. The van der Waals surface area contributed by atoms with Crippen LogP contribution in [0.25, 0.3) is 0 Å². The molecule has 1 N–H and O–H groups in total. The second kappa shape index (κ2) is 7.32. The van der Waals surface area contributed by atoms with Gasteiger partial charge >= 0.3 is 0 Å². The fraction of sp³-hybridized carbons (Fsp3) is 0.235. The summed E-state index contributed by atoms with van der Waals surface area (Å²) >= 11 is 0. The molecule has 0 aliphatic carbocycles. The zero-order valence-electron chi connectivity index (χ0n) is 11.9. The number of hydrogen-bond acceptors (Lipinski definition) is 4. The topological polar surface area (TPSA) is 62.5 Å². The van der Waals surface area contributed by atoms with Gasteiger partial charge in [0.05, 0.1) is 12.7 Å². The van der Waals surface area contributed by atoms with E-state index in [1.807, 2.05) is 30.3 Å². The van der Waals surface area contributed by atoms with Crippen molar-refractivity contribution >= 4 is 0 Å². The summed E-state index contributed by atoms with van der Waals surface area (Å²) in [7, 11) is 1.54. The number of nitriles is 1. The zero-order valence-corrected chi connectivity index (χ0v) is 11.9. The molecule has 4 nitrogen and oxygen atoms in total. The molecule has 2 rings (SSSR count). The Hall–Kier alpha value is -2.51. The number of hydrogen-bond donors (Lipinski definition) is 1. The van der Waals surface area contributed by atoms with Crippen molar-refractivity contribution in [3.05, 3.63) is 59.2 Å². The first-order valence-corrected chi connectivity index (χ1v) is 6.66. The van der Waals surface area contributed by atoms with E-state index in [4.69, 9.17) is 19.8 Å². The van der Waals surface area contributed by atoms with Crippen LogP contribution in [0.4, 0.5) is 0 Å². The van der Waals surface area contributed by atoms with Gasteiger partial charge < -0.3 is 14.6 Å². The number of ether oxygens (including phenoxy) is 2. The Morgan fingerprint density at radius 3 is 2.43 bits per heavy atom. The second-order valence-corrected chi connectivity index (χ2v) is 4.55. The Morgan fingerprint density at radius 2 is 1.81 bits per heavy atom. The van der Waals surface area contributed by atoms with E-state index in [1.165, 1.54) is 0 Å². The van der Waals surface area contributed by atoms with Crippen molar-refractivity contribution < 1.29 is 14.6 Å². The van der Waals surface area contributed by atoms with E-state index in [0.717, 1.165) is 16.9 Å². The summed E-state index contributed by atoms with van der Waals surface area (Å²) in [5, 5.41) is 17.9. The lowest BCUT2D eigenvalue weighted by Gasteiger charge is -2.09. The van der Waals surface area contributed by atoms with Gasteiger partial charge in [-0.05, 0) is 41.8 Å². The van der Waals surface area contributed by atoms with Crippen LogP contribution < -0.4 is 9.47 Å². The molecule has 0 amide bonds. The van der Waals surface area contributed by atoms with Crippen LogP contribution in [-0.4, -0.2) is 18.8 Å². The fourth-order valence-corrected chi connectivity index (χ4v) is 1.98. The average Bonchev–Trinajstić information content (AvgIpc) is 2.54. The summed E-state index contributed by atoms with van der Waals surface area (Å²) in [5.41, 5.74) is 2.48. The summed E-state index contributed by atoms with van der Waals surface area (Å²) in [6.45, 7) is 0.529. The Morgan fingerprint density at radius 1 is 1.10 bits per heavy atom. The van der Waals surface area contributed by atoms with Crippen molar-refractivity contribution in [2.75, 3.05) is 13.7 Å². The van der Waals surface area contributed by atoms with Crippen LogP contribution in [0.1, 0.15) is 16.7 Å². The van der Waals surface area contributed by atoms with Crippen LogP contribution in [0.2, 0.25) is 0 Å². The number of aliphatic hydroxyl groups is 1. The van der Waals surface area contributed by atoms with E-state index >= 15 is 0 Å². The van der Waals surface area contributed by atoms with Gasteiger partial charge in [0.15, 0.2) is 0 Å². The van der Waals surface area contributed by atoms with E-state index in [9.17, 15) is 0 Å². The van der Waals surface area contributed by atoms with E-state index < -0.39 is 0 Å². The molecule has 0 radical (unpaired) electrons. The minimum Gasteiger partial charge on any atom is -0.495 e. The number of nitrogens with zero attached hydrogens (tertiary/aromatic N) is 1. The van der Waals surface area contributed by atoms with Crippen molar-refractivity contribution in [2.45, 2.75) is 13.0 Å². The molecule has 0 fully saturated rings. The quantitative estimate of drug-likeness (QED) is 0.885. The summed E-state index contributed by atoms with van der Waals surface area (Å²) in [6, 6.07) is 15.1. The highest BCUT2D eigenvalue weighted by Crippen LogP contribution is 2.20. The predicted octanol–water partition coefficient (Wildman–Crippen LogP) is 2.68. The zero-order chi connectivity index (χ0) is 15.1. The monoisotopic (exact) mass is 283 g/mol. The van der Waals surface area contributed by atoms with Gasteiger partial charge in [0.25, 0.3) is 0 Å². The first kappa shape index (κ1) is 14.9. The number of aliphatic hydroxyl groups excluding tert-OH is 1. The Labute approximate surface area is 124 Å². The molecular weight excluding hydrogens is 266 g/mol. The molecule has 0 saturated carbocycles. The van der Waals surface area contributed by atoms with Crippen LogP contribution in [0.5, 0.6) is 11.5 Å². The lowest BCUT2D eigenvalue weighted by molar-refractivity contribution is 0.298. The van der Waals surface area contributed by atoms with Gasteiger partial charge in [-0.1, -0.05) is 18.2 Å². The van der Waals surface area contributed by atoms with Gasteiger partial charge in [-0.2, -0.15) is 5.26 Å². The first-order chi connectivity index (χ1) is 10.3. The maximum absolute atomic E-state index is 9.05. The van der Waals surface area contributed by atoms with E-state index in [0.29, 0.717) is 24.3 Å². The molecule has 0 bridgehead atoms. The van der Waals surface area contributed by atoms with Gasteiger partial charge in [0.2, 0.25) is 0 Å². The highest BCUT2D eigenvalue weighted by atomic mass is 16.5. The first-order valence-electron chi connectivity index (χ1n) is 6.66. The molecule has 0 unspecified atom stereocenters. The number of methoxy groups -OCH3 is 1. The van der Waals surface area contributed by atoms with Crippen molar-refractivity contribution in [1.82, 2.24) is 0 Å². The number of rotatable bonds is 6. The molecule has 0 heterocycles. The molecule has 0 saturated heterocycles. The van der Waals surface area contributed by atoms with Crippen molar-refractivity contribution in [2.24, 2.45) is 0 Å². The van der Waals surface area contributed by atoms with Gasteiger partial charge in [-0.3, -0.25) is 0 Å².